The van der Waals surface area contributed by atoms with Crippen LogP contribution in [0.5, 0.6) is 0 Å². The van der Waals surface area contributed by atoms with Gasteiger partial charge in [-0.25, -0.2) is 4.98 Å². The molecule has 0 amide bonds. The largest absolute Gasteiger partial charge is 0.331 e. The molecule has 0 N–H and O–H groups in total. The van der Waals surface area contributed by atoms with E-state index in [-0.39, 0.29) is 12.2 Å². The van der Waals surface area contributed by atoms with Crippen LogP contribution in [0.3, 0.4) is 0 Å². The fourth-order valence-corrected chi connectivity index (χ4v) is 2.39. The zero-order chi connectivity index (χ0) is 12.4. The molecule has 1 aliphatic rings. The molecule has 0 saturated carbocycles. The van der Waals surface area contributed by atoms with Crippen LogP contribution < -0.4 is 0 Å². The zero-order valence-electron chi connectivity index (χ0n) is 10.4. The molecule has 4 nitrogen and oxygen atoms in total. The lowest BCUT2D eigenvalue weighted by molar-refractivity contribution is 0.0992. The van der Waals surface area contributed by atoms with Gasteiger partial charge in [-0.15, -0.1) is 0 Å². The molecule has 4 heteroatoms. The van der Waals surface area contributed by atoms with Gasteiger partial charge in [0.2, 0.25) is 0 Å². The Bertz CT molecular complexity index is 480. The first-order valence-electron chi connectivity index (χ1n) is 6.14. The molecule has 0 aromatic carbocycles. The lowest BCUT2D eigenvalue weighted by Crippen LogP contribution is -2.15. The van der Waals surface area contributed by atoms with Gasteiger partial charge in [0.25, 0.3) is 0 Å². The topological polar surface area (TPSA) is 58.7 Å². The van der Waals surface area contributed by atoms with Crippen LogP contribution in [0.15, 0.2) is 0 Å². The number of fused-ring (bicyclic) bond motifs is 1. The van der Waals surface area contributed by atoms with E-state index in [9.17, 15) is 4.79 Å². The molecule has 0 unspecified atom stereocenters. The maximum Gasteiger partial charge on any atom is 0.197 e. The van der Waals surface area contributed by atoms with Gasteiger partial charge in [0.05, 0.1) is 6.07 Å². The highest BCUT2D eigenvalue weighted by molar-refractivity contribution is 5.96. The van der Waals surface area contributed by atoms with E-state index in [0.717, 1.165) is 37.3 Å². The summed E-state index contributed by atoms with van der Waals surface area (Å²) < 4.78 is 2.18. The van der Waals surface area contributed by atoms with Crippen molar-refractivity contribution in [2.75, 3.05) is 0 Å². The van der Waals surface area contributed by atoms with Crippen molar-refractivity contribution in [1.82, 2.24) is 9.55 Å². The molecule has 2 heterocycles. The van der Waals surface area contributed by atoms with Gasteiger partial charge in [-0.1, -0.05) is 13.8 Å². The van der Waals surface area contributed by atoms with E-state index >= 15 is 0 Å². The van der Waals surface area contributed by atoms with E-state index in [1.807, 2.05) is 6.07 Å². The van der Waals surface area contributed by atoms with Crippen LogP contribution in [-0.2, 0) is 13.0 Å². The number of aromatic nitrogens is 2. The summed E-state index contributed by atoms with van der Waals surface area (Å²) in [5.41, 5.74) is 1.58. The van der Waals surface area contributed by atoms with Gasteiger partial charge in [0.1, 0.15) is 17.9 Å². The van der Waals surface area contributed by atoms with E-state index in [1.165, 1.54) is 0 Å². The first kappa shape index (κ1) is 11.8. The minimum absolute atomic E-state index is 0.0679. The zero-order valence-corrected chi connectivity index (χ0v) is 10.4. The van der Waals surface area contributed by atoms with Crippen molar-refractivity contribution < 1.29 is 4.79 Å². The Labute approximate surface area is 101 Å². The number of carbonyl (C=O) groups excluding carboxylic acids is 1. The average Bonchev–Trinajstić information content (AvgIpc) is 2.69. The molecule has 17 heavy (non-hydrogen) atoms. The van der Waals surface area contributed by atoms with Crippen LogP contribution in [0.1, 0.15) is 61.0 Å². The summed E-state index contributed by atoms with van der Waals surface area (Å²) in [6.45, 7) is 5.13. The third kappa shape index (κ3) is 2.10. The number of rotatable bonds is 3. The van der Waals surface area contributed by atoms with Crippen molar-refractivity contribution in [3.8, 4) is 6.07 Å². The van der Waals surface area contributed by atoms with Crippen molar-refractivity contribution in [3.05, 3.63) is 17.2 Å². The van der Waals surface area contributed by atoms with Crippen molar-refractivity contribution in [2.24, 2.45) is 0 Å². The molecule has 1 aliphatic heterocycles. The van der Waals surface area contributed by atoms with Gasteiger partial charge >= 0.3 is 0 Å². The second-order valence-corrected chi connectivity index (χ2v) is 4.79. The molecular formula is C13H17N3O. The van der Waals surface area contributed by atoms with Gasteiger partial charge < -0.3 is 4.57 Å². The van der Waals surface area contributed by atoms with E-state index < -0.39 is 0 Å². The summed E-state index contributed by atoms with van der Waals surface area (Å²) >= 11 is 0. The quantitative estimate of drug-likeness (QED) is 0.751. The number of carbonyl (C=O) groups is 1. The van der Waals surface area contributed by atoms with Crippen molar-refractivity contribution in [3.63, 3.8) is 0 Å². The molecule has 0 spiro atoms. The highest BCUT2D eigenvalue weighted by Gasteiger charge is 2.24. The van der Waals surface area contributed by atoms with Crippen LogP contribution in [0.4, 0.5) is 0 Å². The summed E-state index contributed by atoms with van der Waals surface area (Å²) in [5.74, 6) is 1.17. The normalized spacial score (nSPS) is 14.5. The van der Waals surface area contributed by atoms with Crippen molar-refractivity contribution in [1.29, 1.82) is 5.26 Å². The van der Waals surface area contributed by atoms with Gasteiger partial charge in [-0.2, -0.15) is 5.26 Å². The first-order valence-corrected chi connectivity index (χ1v) is 6.14. The Kier molecular flexibility index (Phi) is 3.28. The van der Waals surface area contributed by atoms with Crippen LogP contribution in [0, 0.1) is 11.3 Å². The number of hydrogen-bond acceptors (Lipinski definition) is 3. The summed E-state index contributed by atoms with van der Waals surface area (Å²) in [7, 11) is 0. The minimum atomic E-state index is -0.134. The number of imidazole rings is 1. The number of hydrogen-bond donors (Lipinski definition) is 0. The number of nitriles is 1. The number of Topliss-reactive ketones (excluding diaryl/α,β-unsaturated/α-hetero) is 1. The molecule has 1 aromatic heterocycles. The molecule has 2 rings (SSSR count). The second kappa shape index (κ2) is 4.70. The number of nitrogens with zero attached hydrogens (tertiary/aromatic N) is 3. The fraction of sp³-hybridized carbons (Fsp3) is 0.615. The third-order valence-electron chi connectivity index (χ3n) is 3.17. The van der Waals surface area contributed by atoms with E-state index in [0.29, 0.717) is 11.6 Å². The number of ketones is 1. The second-order valence-electron chi connectivity index (χ2n) is 4.79. The van der Waals surface area contributed by atoms with Crippen LogP contribution >= 0.6 is 0 Å². The molecule has 0 fully saturated rings. The monoisotopic (exact) mass is 231 g/mol. The Balaban J connectivity index is 2.46. The molecule has 90 valence electrons. The third-order valence-corrected chi connectivity index (χ3v) is 3.17. The summed E-state index contributed by atoms with van der Waals surface area (Å²) in [6, 6.07) is 1.91. The lowest BCUT2D eigenvalue weighted by Gasteiger charge is -2.18. The predicted molar refractivity (Wildman–Crippen MR) is 63.8 cm³/mol. The standard InChI is InChI=1S/C13H17N3O/c1-9(2)13-15-12(11(17)6-7-14)10-5-3-4-8-16(10)13/h9H,3-6,8H2,1-2H3. The van der Waals surface area contributed by atoms with E-state index in [1.54, 1.807) is 0 Å². The molecular weight excluding hydrogens is 214 g/mol. The van der Waals surface area contributed by atoms with Gasteiger partial charge in [-0.3, -0.25) is 4.79 Å². The van der Waals surface area contributed by atoms with Gasteiger partial charge in [0.15, 0.2) is 5.78 Å². The molecule has 0 atom stereocenters. The SMILES string of the molecule is CC(C)c1nc(C(=O)CC#N)c2n1CCCC2. The maximum absolute atomic E-state index is 11.9. The van der Waals surface area contributed by atoms with Gasteiger partial charge in [0, 0.05) is 18.2 Å². The van der Waals surface area contributed by atoms with Crippen LogP contribution in [0.2, 0.25) is 0 Å². The van der Waals surface area contributed by atoms with Gasteiger partial charge in [-0.05, 0) is 19.3 Å². The Morgan fingerprint density at radius 3 is 2.94 bits per heavy atom. The van der Waals surface area contributed by atoms with Crippen LogP contribution in [-0.4, -0.2) is 15.3 Å². The predicted octanol–water partition coefficient (Wildman–Crippen LogP) is 2.44. The molecule has 0 bridgehead atoms. The Morgan fingerprint density at radius 2 is 2.29 bits per heavy atom. The lowest BCUT2D eigenvalue weighted by atomic mass is 10.1. The molecule has 1 aromatic rings. The molecule has 0 saturated heterocycles. The highest BCUT2D eigenvalue weighted by Crippen LogP contribution is 2.25. The van der Waals surface area contributed by atoms with E-state index in [4.69, 9.17) is 5.26 Å². The molecule has 0 aliphatic carbocycles. The summed E-state index contributed by atoms with van der Waals surface area (Å²) in [5, 5.41) is 8.61. The maximum atomic E-state index is 11.9. The Morgan fingerprint density at radius 1 is 1.53 bits per heavy atom. The summed E-state index contributed by atoms with van der Waals surface area (Å²) in [4.78, 5) is 16.3. The minimum Gasteiger partial charge on any atom is -0.331 e. The average molecular weight is 231 g/mol. The highest BCUT2D eigenvalue weighted by atomic mass is 16.1. The van der Waals surface area contributed by atoms with Crippen molar-refractivity contribution in [2.45, 2.75) is 52.0 Å². The first-order chi connectivity index (χ1) is 8.15. The summed E-state index contributed by atoms with van der Waals surface area (Å²) in [6.07, 6.45) is 3.10. The van der Waals surface area contributed by atoms with Crippen LogP contribution in [0.25, 0.3) is 0 Å². The van der Waals surface area contributed by atoms with E-state index in [2.05, 4.69) is 23.4 Å². The smallest absolute Gasteiger partial charge is 0.197 e. The fourth-order valence-electron chi connectivity index (χ4n) is 2.39. The van der Waals surface area contributed by atoms with Crippen molar-refractivity contribution >= 4 is 5.78 Å². The Hall–Kier alpha value is -1.63. The molecule has 0 radical (unpaired) electrons.